The van der Waals surface area contributed by atoms with E-state index in [1.165, 1.54) is 6.07 Å². The Morgan fingerprint density at radius 1 is 1.57 bits per heavy atom. The summed E-state index contributed by atoms with van der Waals surface area (Å²) in [4.78, 5) is 27.6. The van der Waals surface area contributed by atoms with Gasteiger partial charge in [-0.05, 0) is 24.8 Å². The summed E-state index contributed by atoms with van der Waals surface area (Å²) in [5.74, 6) is -0.847. The van der Waals surface area contributed by atoms with E-state index in [1.54, 1.807) is 0 Å². The topological polar surface area (TPSA) is 83.0 Å². The second kappa shape index (κ2) is 3.25. The standard InChI is InChI=1S/C9H10N2O3/c12-8(13)7-4-6(5-2-1-3-5)10-9(14)11-7/h4-5H,1-3H2,(H,12,13)(H,10,11,14). The molecule has 5 heteroatoms. The smallest absolute Gasteiger partial charge is 0.354 e. The van der Waals surface area contributed by atoms with Crippen LogP contribution in [0.25, 0.3) is 0 Å². The maximum atomic E-state index is 11.0. The van der Waals surface area contributed by atoms with Crippen molar-refractivity contribution in [1.29, 1.82) is 0 Å². The lowest BCUT2D eigenvalue weighted by Crippen LogP contribution is -2.21. The molecule has 0 atom stereocenters. The number of hydrogen-bond donors (Lipinski definition) is 2. The fourth-order valence-corrected chi connectivity index (χ4v) is 1.53. The third-order valence-electron chi connectivity index (χ3n) is 2.53. The third-order valence-corrected chi connectivity index (χ3v) is 2.53. The van der Waals surface area contributed by atoms with E-state index in [0.717, 1.165) is 19.3 Å². The average Bonchev–Trinajstić information content (AvgIpc) is 1.99. The molecule has 0 amide bonds. The van der Waals surface area contributed by atoms with Gasteiger partial charge in [0.1, 0.15) is 0 Å². The first kappa shape index (κ1) is 8.93. The van der Waals surface area contributed by atoms with Crippen molar-refractivity contribution in [3.8, 4) is 0 Å². The molecule has 0 aromatic carbocycles. The highest BCUT2D eigenvalue weighted by molar-refractivity contribution is 5.85. The molecule has 0 bridgehead atoms. The fourth-order valence-electron chi connectivity index (χ4n) is 1.53. The van der Waals surface area contributed by atoms with Crippen LogP contribution < -0.4 is 5.69 Å². The largest absolute Gasteiger partial charge is 0.477 e. The number of nitrogens with zero attached hydrogens (tertiary/aromatic N) is 1. The van der Waals surface area contributed by atoms with Crippen LogP contribution in [0.5, 0.6) is 0 Å². The highest BCUT2D eigenvalue weighted by Gasteiger charge is 2.22. The van der Waals surface area contributed by atoms with Crippen LogP contribution >= 0.6 is 0 Å². The quantitative estimate of drug-likeness (QED) is 0.727. The SMILES string of the molecule is O=C(O)c1cc(C2CCC2)[nH]c(=O)n1. The number of carboxylic acids is 1. The molecule has 0 radical (unpaired) electrons. The van der Waals surface area contributed by atoms with Crippen LogP contribution in [0.15, 0.2) is 10.9 Å². The van der Waals surface area contributed by atoms with E-state index in [1.807, 2.05) is 0 Å². The lowest BCUT2D eigenvalue weighted by Gasteiger charge is -2.24. The number of hydrogen-bond acceptors (Lipinski definition) is 3. The van der Waals surface area contributed by atoms with Crippen molar-refractivity contribution in [3.63, 3.8) is 0 Å². The number of carbonyl (C=O) groups is 1. The zero-order valence-corrected chi connectivity index (χ0v) is 7.49. The number of aromatic amines is 1. The number of aromatic nitrogens is 2. The van der Waals surface area contributed by atoms with Crippen molar-refractivity contribution < 1.29 is 9.90 Å². The molecule has 2 N–H and O–H groups in total. The normalized spacial score (nSPS) is 16.3. The number of rotatable bonds is 2. The highest BCUT2D eigenvalue weighted by atomic mass is 16.4. The molecule has 1 aliphatic carbocycles. The Balaban J connectivity index is 2.40. The minimum absolute atomic E-state index is 0.171. The fraction of sp³-hybridized carbons (Fsp3) is 0.444. The van der Waals surface area contributed by atoms with Gasteiger partial charge in [-0.15, -0.1) is 0 Å². The summed E-state index contributed by atoms with van der Waals surface area (Å²) in [6, 6.07) is 1.45. The predicted octanol–water partition coefficient (Wildman–Crippen LogP) is 0.736. The van der Waals surface area contributed by atoms with Gasteiger partial charge in [0.15, 0.2) is 5.69 Å². The Kier molecular flexibility index (Phi) is 2.07. The first-order valence-electron chi connectivity index (χ1n) is 4.51. The van der Waals surface area contributed by atoms with Gasteiger partial charge in [-0.25, -0.2) is 9.59 Å². The molecule has 1 aromatic heterocycles. The molecule has 0 spiro atoms. The predicted molar refractivity (Wildman–Crippen MR) is 48.4 cm³/mol. The van der Waals surface area contributed by atoms with Crippen LogP contribution in [0.3, 0.4) is 0 Å². The molecule has 0 aliphatic heterocycles. The van der Waals surface area contributed by atoms with Crippen molar-refractivity contribution >= 4 is 5.97 Å². The van der Waals surface area contributed by atoms with E-state index >= 15 is 0 Å². The lowest BCUT2D eigenvalue weighted by atomic mass is 9.83. The van der Waals surface area contributed by atoms with E-state index in [9.17, 15) is 9.59 Å². The Hall–Kier alpha value is -1.65. The molecule has 0 saturated heterocycles. The van der Waals surface area contributed by atoms with Gasteiger partial charge in [0, 0.05) is 5.69 Å². The third kappa shape index (κ3) is 1.53. The molecule has 1 heterocycles. The first-order valence-corrected chi connectivity index (χ1v) is 4.51. The van der Waals surface area contributed by atoms with E-state index in [0.29, 0.717) is 11.6 Å². The monoisotopic (exact) mass is 194 g/mol. The molecular formula is C9H10N2O3. The number of H-pyrrole nitrogens is 1. The summed E-state index contributed by atoms with van der Waals surface area (Å²) in [7, 11) is 0. The molecule has 14 heavy (non-hydrogen) atoms. The van der Waals surface area contributed by atoms with Gasteiger partial charge in [-0.3, -0.25) is 0 Å². The summed E-state index contributed by atoms with van der Waals surface area (Å²) in [6.45, 7) is 0. The molecule has 1 aromatic rings. The zero-order chi connectivity index (χ0) is 10.1. The van der Waals surface area contributed by atoms with Crippen molar-refractivity contribution in [2.75, 3.05) is 0 Å². The van der Waals surface area contributed by atoms with Gasteiger partial charge in [-0.2, -0.15) is 4.98 Å². The molecule has 5 nitrogen and oxygen atoms in total. The Morgan fingerprint density at radius 3 is 2.79 bits per heavy atom. The van der Waals surface area contributed by atoms with Crippen LogP contribution in [0.4, 0.5) is 0 Å². The Morgan fingerprint density at radius 2 is 2.29 bits per heavy atom. The Bertz CT molecular complexity index is 420. The van der Waals surface area contributed by atoms with Crippen LogP contribution in [0.2, 0.25) is 0 Å². The van der Waals surface area contributed by atoms with Crippen LogP contribution in [0, 0.1) is 0 Å². The van der Waals surface area contributed by atoms with Crippen LogP contribution in [0.1, 0.15) is 41.4 Å². The van der Waals surface area contributed by atoms with Gasteiger partial charge in [0.25, 0.3) is 0 Å². The molecule has 1 fully saturated rings. The summed E-state index contributed by atoms with van der Waals surface area (Å²) in [5.41, 5.74) is -0.0453. The van der Waals surface area contributed by atoms with Crippen molar-refractivity contribution in [1.82, 2.24) is 9.97 Å². The summed E-state index contributed by atoms with van der Waals surface area (Å²) < 4.78 is 0. The highest BCUT2D eigenvalue weighted by Crippen LogP contribution is 2.34. The number of nitrogens with one attached hydrogen (secondary N) is 1. The molecular weight excluding hydrogens is 184 g/mol. The van der Waals surface area contributed by atoms with Crippen molar-refractivity contribution in [2.45, 2.75) is 25.2 Å². The summed E-state index contributed by atoms with van der Waals surface area (Å²) >= 11 is 0. The minimum Gasteiger partial charge on any atom is -0.477 e. The van der Waals surface area contributed by atoms with Gasteiger partial charge in [0.05, 0.1) is 0 Å². The van der Waals surface area contributed by atoms with Gasteiger partial charge < -0.3 is 10.1 Å². The molecule has 0 unspecified atom stereocenters. The number of aromatic carboxylic acids is 1. The van der Waals surface area contributed by atoms with E-state index in [-0.39, 0.29) is 5.69 Å². The second-order valence-corrected chi connectivity index (χ2v) is 3.46. The number of carboxylic acid groups (broad SMARTS) is 1. The first-order chi connectivity index (χ1) is 6.66. The molecule has 74 valence electrons. The van der Waals surface area contributed by atoms with E-state index in [4.69, 9.17) is 5.11 Å². The van der Waals surface area contributed by atoms with Gasteiger partial charge >= 0.3 is 11.7 Å². The van der Waals surface area contributed by atoms with E-state index in [2.05, 4.69) is 9.97 Å². The second-order valence-electron chi connectivity index (χ2n) is 3.46. The summed E-state index contributed by atoms with van der Waals surface area (Å²) in [5, 5.41) is 8.69. The molecule has 1 saturated carbocycles. The zero-order valence-electron chi connectivity index (χ0n) is 7.49. The maximum Gasteiger partial charge on any atom is 0.354 e. The summed E-state index contributed by atoms with van der Waals surface area (Å²) in [6.07, 6.45) is 3.16. The average molecular weight is 194 g/mol. The van der Waals surface area contributed by atoms with Crippen molar-refractivity contribution in [2.24, 2.45) is 0 Å². The lowest BCUT2D eigenvalue weighted by molar-refractivity contribution is 0.0689. The van der Waals surface area contributed by atoms with Crippen LogP contribution in [-0.2, 0) is 0 Å². The van der Waals surface area contributed by atoms with Crippen LogP contribution in [-0.4, -0.2) is 21.0 Å². The minimum atomic E-state index is -1.16. The molecule has 2 rings (SSSR count). The van der Waals surface area contributed by atoms with Gasteiger partial charge in [0.2, 0.25) is 0 Å². The maximum absolute atomic E-state index is 11.0. The Labute approximate surface area is 79.8 Å². The van der Waals surface area contributed by atoms with Gasteiger partial charge in [-0.1, -0.05) is 6.42 Å². The van der Waals surface area contributed by atoms with E-state index < -0.39 is 11.7 Å². The van der Waals surface area contributed by atoms with Crippen molar-refractivity contribution in [3.05, 3.63) is 27.9 Å². The molecule has 1 aliphatic rings.